The Morgan fingerprint density at radius 1 is 1.19 bits per heavy atom. The molecule has 1 fully saturated rings. The number of fused-ring (bicyclic) bond motifs is 1. The molecule has 3 N–H and O–H groups in total. The molecule has 6 nitrogen and oxygen atoms in total. The molecule has 1 aromatic heterocycles. The summed E-state index contributed by atoms with van der Waals surface area (Å²) >= 11 is 0. The summed E-state index contributed by atoms with van der Waals surface area (Å²) in [6, 6.07) is 11.2. The Balaban J connectivity index is 1.36. The van der Waals surface area contributed by atoms with Gasteiger partial charge in [-0.25, -0.2) is 8.78 Å². The number of nitrogens with zero attached hydrogens (tertiary/aromatic N) is 1. The molecule has 3 aromatic rings. The van der Waals surface area contributed by atoms with Crippen LogP contribution in [-0.4, -0.2) is 59.8 Å². The quantitative estimate of drug-likeness (QED) is 0.353. The van der Waals surface area contributed by atoms with E-state index in [1.54, 1.807) is 19.3 Å². The third-order valence-corrected chi connectivity index (χ3v) is 6.86. The van der Waals surface area contributed by atoms with Gasteiger partial charge in [-0.3, -0.25) is 4.98 Å². The lowest BCUT2D eigenvalue weighted by Crippen LogP contribution is -2.49. The molecule has 0 bridgehead atoms. The van der Waals surface area contributed by atoms with Crippen LogP contribution in [0.4, 0.5) is 8.78 Å². The Morgan fingerprint density at radius 3 is 2.86 bits per heavy atom. The number of ether oxygens (including phenoxy) is 2. The minimum Gasteiger partial charge on any atom is -0.497 e. The van der Waals surface area contributed by atoms with Crippen molar-refractivity contribution in [2.45, 2.75) is 56.5 Å². The van der Waals surface area contributed by atoms with Crippen LogP contribution in [0.25, 0.3) is 17.0 Å². The van der Waals surface area contributed by atoms with Crippen molar-refractivity contribution in [1.29, 1.82) is 0 Å². The second-order valence-corrected chi connectivity index (χ2v) is 9.42. The SMILES string of the molecule is COc1ccc2nccc(CC[C@@H]3CC[C@@H](NCC=Cc4cc(F)ccc4F)[C@@H](CC(O)CO)O3)c2c1. The molecule has 1 unspecified atom stereocenters. The largest absolute Gasteiger partial charge is 0.497 e. The van der Waals surface area contributed by atoms with Crippen LogP contribution in [0.5, 0.6) is 5.75 Å². The zero-order valence-corrected chi connectivity index (χ0v) is 20.9. The molecule has 0 aliphatic carbocycles. The van der Waals surface area contributed by atoms with E-state index < -0.39 is 17.7 Å². The standard InChI is InChI=1S/C29H34F2N2O4/c1-36-24-8-10-27-25(17-24)19(12-14-33-27)4-6-23-7-11-28(29(37-23)16-22(35)18-34)32-13-2-3-20-15-21(30)5-9-26(20)31/h2-3,5,8-10,12,14-15,17,22-23,28-29,32,34-35H,4,6-7,11,13,16,18H2,1H3/t22?,23-,28-,29-/m1/s1. The average molecular weight is 513 g/mol. The first-order valence-electron chi connectivity index (χ1n) is 12.7. The van der Waals surface area contributed by atoms with Crippen LogP contribution < -0.4 is 10.1 Å². The van der Waals surface area contributed by atoms with Crippen molar-refractivity contribution in [2.75, 3.05) is 20.3 Å². The lowest BCUT2D eigenvalue weighted by Gasteiger charge is -2.38. The van der Waals surface area contributed by atoms with Crippen LogP contribution in [0.3, 0.4) is 0 Å². The molecule has 2 heterocycles. The summed E-state index contributed by atoms with van der Waals surface area (Å²) in [5.74, 6) is -0.180. The molecule has 4 atom stereocenters. The Bertz CT molecular complexity index is 1210. The number of rotatable bonds is 11. The number of halogens is 2. The third-order valence-electron chi connectivity index (χ3n) is 6.86. The van der Waals surface area contributed by atoms with E-state index in [0.717, 1.165) is 60.5 Å². The van der Waals surface area contributed by atoms with Gasteiger partial charge < -0.3 is 25.0 Å². The first-order chi connectivity index (χ1) is 18.0. The van der Waals surface area contributed by atoms with Crippen LogP contribution in [0, 0.1) is 11.6 Å². The molecule has 0 spiro atoms. The van der Waals surface area contributed by atoms with E-state index >= 15 is 0 Å². The molecular formula is C29H34F2N2O4. The van der Waals surface area contributed by atoms with Gasteiger partial charge in [0.05, 0.1) is 37.5 Å². The summed E-state index contributed by atoms with van der Waals surface area (Å²) < 4.78 is 39.0. The maximum Gasteiger partial charge on any atom is 0.130 e. The van der Waals surface area contributed by atoms with Gasteiger partial charge >= 0.3 is 0 Å². The second kappa shape index (κ2) is 13.1. The second-order valence-electron chi connectivity index (χ2n) is 9.42. The molecule has 37 heavy (non-hydrogen) atoms. The van der Waals surface area contributed by atoms with E-state index in [-0.39, 0.29) is 30.4 Å². The Labute approximate surface area is 216 Å². The Kier molecular flexibility index (Phi) is 9.57. The Morgan fingerprint density at radius 2 is 2.05 bits per heavy atom. The summed E-state index contributed by atoms with van der Waals surface area (Å²) in [4.78, 5) is 4.45. The normalized spacial score (nSPS) is 20.9. The van der Waals surface area contributed by atoms with Crippen LogP contribution in [-0.2, 0) is 11.2 Å². The Hall–Kier alpha value is -2.91. The van der Waals surface area contributed by atoms with Crippen molar-refractivity contribution in [3.63, 3.8) is 0 Å². The highest BCUT2D eigenvalue weighted by molar-refractivity contribution is 5.83. The predicted molar refractivity (Wildman–Crippen MR) is 139 cm³/mol. The van der Waals surface area contributed by atoms with Crippen molar-refractivity contribution in [3.8, 4) is 5.75 Å². The van der Waals surface area contributed by atoms with Gasteiger partial charge in [-0.05, 0) is 73.7 Å². The highest BCUT2D eigenvalue weighted by Crippen LogP contribution is 2.28. The highest BCUT2D eigenvalue weighted by Gasteiger charge is 2.32. The van der Waals surface area contributed by atoms with Crippen molar-refractivity contribution in [3.05, 3.63) is 77.5 Å². The van der Waals surface area contributed by atoms with Gasteiger partial charge in [0.25, 0.3) is 0 Å². The first-order valence-corrected chi connectivity index (χ1v) is 12.7. The fourth-order valence-corrected chi connectivity index (χ4v) is 4.86. The zero-order valence-electron chi connectivity index (χ0n) is 20.9. The molecule has 0 saturated carbocycles. The van der Waals surface area contributed by atoms with Crippen LogP contribution in [0.1, 0.15) is 36.8 Å². The number of pyridine rings is 1. The minimum absolute atomic E-state index is 0.0136. The summed E-state index contributed by atoms with van der Waals surface area (Å²) in [6.45, 7) is 0.103. The van der Waals surface area contributed by atoms with Gasteiger partial charge in [-0.1, -0.05) is 12.2 Å². The summed E-state index contributed by atoms with van der Waals surface area (Å²) in [5.41, 5.74) is 2.28. The van der Waals surface area contributed by atoms with Crippen molar-refractivity contribution >= 4 is 17.0 Å². The zero-order chi connectivity index (χ0) is 26.2. The van der Waals surface area contributed by atoms with Crippen LogP contribution in [0.15, 0.2) is 54.7 Å². The van der Waals surface area contributed by atoms with Gasteiger partial charge in [0.1, 0.15) is 17.4 Å². The van der Waals surface area contributed by atoms with E-state index in [1.165, 1.54) is 5.56 Å². The number of hydrogen-bond acceptors (Lipinski definition) is 6. The monoisotopic (exact) mass is 512 g/mol. The molecule has 1 aliphatic heterocycles. The molecule has 0 radical (unpaired) electrons. The van der Waals surface area contributed by atoms with E-state index in [9.17, 15) is 19.0 Å². The average Bonchev–Trinajstić information content (AvgIpc) is 2.92. The predicted octanol–water partition coefficient (Wildman–Crippen LogP) is 4.42. The molecule has 1 aliphatic rings. The highest BCUT2D eigenvalue weighted by atomic mass is 19.1. The van der Waals surface area contributed by atoms with Crippen LogP contribution in [0.2, 0.25) is 0 Å². The minimum atomic E-state index is -0.874. The lowest BCUT2D eigenvalue weighted by atomic mass is 9.92. The van der Waals surface area contributed by atoms with Crippen LogP contribution >= 0.6 is 0 Å². The van der Waals surface area contributed by atoms with Gasteiger partial charge in [-0.2, -0.15) is 0 Å². The molecule has 1 saturated heterocycles. The number of aliphatic hydroxyl groups excluding tert-OH is 2. The molecule has 8 heteroatoms. The molecule has 4 rings (SSSR count). The number of aliphatic hydroxyl groups is 2. The molecule has 2 aromatic carbocycles. The summed E-state index contributed by atoms with van der Waals surface area (Å²) in [5, 5.41) is 23.9. The van der Waals surface area contributed by atoms with Gasteiger partial charge in [0.15, 0.2) is 0 Å². The fraction of sp³-hybridized carbons (Fsp3) is 0.414. The topological polar surface area (TPSA) is 83.8 Å². The number of benzene rings is 2. The first kappa shape index (κ1) is 27.1. The van der Waals surface area contributed by atoms with Crippen molar-refractivity contribution in [1.82, 2.24) is 10.3 Å². The van der Waals surface area contributed by atoms with Crippen molar-refractivity contribution in [2.24, 2.45) is 0 Å². The molecular weight excluding hydrogens is 478 g/mol. The summed E-state index contributed by atoms with van der Waals surface area (Å²) in [7, 11) is 1.65. The van der Waals surface area contributed by atoms with Gasteiger partial charge in [0.2, 0.25) is 0 Å². The van der Waals surface area contributed by atoms with E-state index in [1.807, 2.05) is 30.5 Å². The number of hydrogen-bond donors (Lipinski definition) is 3. The van der Waals surface area contributed by atoms with Gasteiger partial charge in [-0.15, -0.1) is 0 Å². The number of nitrogens with one attached hydrogen (secondary N) is 1. The third kappa shape index (κ3) is 7.32. The number of aromatic nitrogens is 1. The summed E-state index contributed by atoms with van der Waals surface area (Å²) in [6.07, 6.45) is 7.57. The molecule has 198 valence electrons. The van der Waals surface area contributed by atoms with E-state index in [0.29, 0.717) is 13.0 Å². The van der Waals surface area contributed by atoms with Crippen molar-refractivity contribution < 1.29 is 28.5 Å². The maximum absolute atomic E-state index is 13.8. The maximum atomic E-state index is 13.8. The number of aryl methyl sites for hydroxylation is 1. The fourth-order valence-electron chi connectivity index (χ4n) is 4.86. The lowest BCUT2D eigenvalue weighted by molar-refractivity contribution is -0.0917. The van der Waals surface area contributed by atoms with E-state index in [2.05, 4.69) is 10.3 Å². The number of methoxy groups -OCH3 is 1. The smallest absolute Gasteiger partial charge is 0.130 e. The van der Waals surface area contributed by atoms with E-state index in [4.69, 9.17) is 9.47 Å². The van der Waals surface area contributed by atoms with Gasteiger partial charge in [0, 0.05) is 36.2 Å². The molecule has 0 amide bonds.